The first kappa shape index (κ1) is 16.6. The van der Waals surface area contributed by atoms with Crippen LogP contribution in [0.5, 0.6) is 0 Å². The average Bonchev–Trinajstić information content (AvgIpc) is 3.20. The zero-order chi connectivity index (χ0) is 18.6. The molecular formula is C14H8F3N7S2. The molecule has 4 aromatic heterocycles. The minimum absolute atomic E-state index is 0.0210. The number of nitrogen functional groups attached to an aromatic ring is 1. The predicted octanol–water partition coefficient (Wildman–Crippen LogP) is 2.64. The number of halogens is 3. The summed E-state index contributed by atoms with van der Waals surface area (Å²) in [5.74, 6) is -0.105. The molecule has 0 saturated heterocycles. The average molecular weight is 395 g/mol. The second-order valence-corrected chi connectivity index (χ2v) is 6.65. The number of anilines is 1. The monoisotopic (exact) mass is 395 g/mol. The predicted molar refractivity (Wildman–Crippen MR) is 94.7 cm³/mol. The number of thiocarbonyl (C=S) groups is 1. The summed E-state index contributed by atoms with van der Waals surface area (Å²) in [7, 11) is 0. The van der Waals surface area contributed by atoms with Crippen molar-refractivity contribution >= 4 is 51.0 Å². The van der Waals surface area contributed by atoms with Gasteiger partial charge in [0.2, 0.25) is 0 Å². The van der Waals surface area contributed by atoms with Crippen molar-refractivity contribution in [2.75, 3.05) is 5.73 Å². The lowest BCUT2D eigenvalue weighted by atomic mass is 10.1. The van der Waals surface area contributed by atoms with Crippen LogP contribution in [0, 0.1) is 0 Å². The number of fused-ring (bicyclic) bond motifs is 3. The summed E-state index contributed by atoms with van der Waals surface area (Å²) >= 11 is 6.08. The van der Waals surface area contributed by atoms with Gasteiger partial charge in [-0.25, -0.2) is 4.98 Å². The molecule has 0 aliphatic heterocycles. The molecule has 0 bridgehead atoms. The third-order valence-electron chi connectivity index (χ3n) is 3.65. The first-order chi connectivity index (χ1) is 12.3. The van der Waals surface area contributed by atoms with E-state index in [1.807, 2.05) is 0 Å². The van der Waals surface area contributed by atoms with Crippen LogP contribution in [-0.4, -0.2) is 29.8 Å². The zero-order valence-electron chi connectivity index (χ0n) is 12.7. The molecule has 0 unspecified atom stereocenters. The van der Waals surface area contributed by atoms with Crippen LogP contribution in [0.2, 0.25) is 0 Å². The highest BCUT2D eigenvalue weighted by Crippen LogP contribution is 2.38. The van der Waals surface area contributed by atoms with Crippen molar-refractivity contribution in [1.29, 1.82) is 0 Å². The van der Waals surface area contributed by atoms with Gasteiger partial charge in [0.1, 0.15) is 4.99 Å². The van der Waals surface area contributed by atoms with Gasteiger partial charge in [-0.2, -0.15) is 17.7 Å². The molecule has 12 heteroatoms. The maximum absolute atomic E-state index is 13.7. The van der Waals surface area contributed by atoms with E-state index in [2.05, 4.69) is 20.3 Å². The fraction of sp³-hybridized carbons (Fsp3) is 0.0714. The first-order valence-corrected chi connectivity index (χ1v) is 8.32. The van der Waals surface area contributed by atoms with Crippen LogP contribution in [0.1, 0.15) is 11.3 Å². The number of rotatable bonds is 2. The normalized spacial score (nSPS) is 12.1. The minimum atomic E-state index is -4.64. The molecule has 132 valence electrons. The number of pyridine rings is 1. The highest BCUT2D eigenvalue weighted by Gasteiger charge is 2.36. The Morgan fingerprint density at radius 3 is 2.65 bits per heavy atom. The van der Waals surface area contributed by atoms with E-state index in [4.69, 9.17) is 23.7 Å². The van der Waals surface area contributed by atoms with Gasteiger partial charge in [-0.05, 0) is 17.5 Å². The van der Waals surface area contributed by atoms with E-state index >= 15 is 0 Å². The van der Waals surface area contributed by atoms with Gasteiger partial charge in [-0.1, -0.05) is 18.3 Å². The second-order valence-electron chi connectivity index (χ2n) is 5.26. The van der Waals surface area contributed by atoms with Crippen molar-refractivity contribution in [2.45, 2.75) is 6.18 Å². The number of aromatic nitrogens is 5. The Hall–Kier alpha value is -2.86. The number of thiophene rings is 1. The van der Waals surface area contributed by atoms with Crippen molar-refractivity contribution in [3.05, 3.63) is 34.8 Å². The molecule has 4 N–H and O–H groups in total. The lowest BCUT2D eigenvalue weighted by Gasteiger charge is -2.09. The topological polar surface area (TPSA) is 108 Å². The van der Waals surface area contributed by atoms with Crippen LogP contribution in [0.25, 0.3) is 27.3 Å². The van der Waals surface area contributed by atoms with Gasteiger partial charge in [0.15, 0.2) is 22.8 Å². The molecule has 0 aromatic carbocycles. The molecule has 4 rings (SSSR count). The summed E-state index contributed by atoms with van der Waals surface area (Å²) < 4.78 is 42.0. The summed E-state index contributed by atoms with van der Waals surface area (Å²) in [6.45, 7) is 0. The summed E-state index contributed by atoms with van der Waals surface area (Å²) in [5.41, 5.74) is 10.3. The van der Waals surface area contributed by atoms with Crippen LogP contribution in [0.15, 0.2) is 23.6 Å². The Labute approximate surface area is 152 Å². The molecule has 0 spiro atoms. The minimum Gasteiger partial charge on any atom is -0.388 e. The molecule has 0 fully saturated rings. The number of nitrogens with zero attached hydrogens (tertiary/aromatic N) is 5. The van der Waals surface area contributed by atoms with Gasteiger partial charge in [0.25, 0.3) is 0 Å². The molecule has 0 aliphatic carbocycles. The molecule has 0 aliphatic rings. The van der Waals surface area contributed by atoms with Crippen LogP contribution < -0.4 is 11.5 Å². The Bertz CT molecular complexity index is 1170. The number of alkyl halides is 3. The lowest BCUT2D eigenvalue weighted by molar-refractivity contribution is -0.136. The van der Waals surface area contributed by atoms with E-state index in [-0.39, 0.29) is 38.9 Å². The van der Waals surface area contributed by atoms with Gasteiger partial charge in [-0.15, -0.1) is 26.6 Å². The molecule has 0 saturated carbocycles. The molecule has 0 amide bonds. The van der Waals surface area contributed by atoms with E-state index in [0.717, 1.165) is 10.6 Å². The van der Waals surface area contributed by atoms with Crippen molar-refractivity contribution in [3.8, 4) is 10.6 Å². The summed E-state index contributed by atoms with van der Waals surface area (Å²) in [6.07, 6.45) is -4.64. The highest BCUT2D eigenvalue weighted by atomic mass is 32.1. The lowest BCUT2D eigenvalue weighted by Crippen LogP contribution is -2.18. The van der Waals surface area contributed by atoms with Crippen LogP contribution >= 0.6 is 23.6 Å². The third-order valence-corrected chi connectivity index (χ3v) is 4.73. The molecule has 4 aromatic rings. The third kappa shape index (κ3) is 2.45. The fourth-order valence-electron chi connectivity index (χ4n) is 2.53. The van der Waals surface area contributed by atoms with Gasteiger partial charge < -0.3 is 11.5 Å². The van der Waals surface area contributed by atoms with Crippen LogP contribution in [-0.2, 0) is 6.18 Å². The fourth-order valence-corrected chi connectivity index (χ4v) is 3.36. The Morgan fingerprint density at radius 2 is 2.04 bits per heavy atom. The number of hydrogen-bond donors (Lipinski definition) is 2. The maximum Gasteiger partial charge on any atom is 0.417 e. The molecule has 0 atom stereocenters. The van der Waals surface area contributed by atoms with Gasteiger partial charge >= 0.3 is 6.18 Å². The smallest absolute Gasteiger partial charge is 0.388 e. The van der Waals surface area contributed by atoms with Gasteiger partial charge in [0, 0.05) is 0 Å². The van der Waals surface area contributed by atoms with Gasteiger partial charge in [-0.3, -0.25) is 0 Å². The number of hydrogen-bond acceptors (Lipinski definition) is 7. The van der Waals surface area contributed by atoms with Crippen LogP contribution in [0.4, 0.5) is 19.0 Å². The van der Waals surface area contributed by atoms with Crippen molar-refractivity contribution in [1.82, 2.24) is 24.8 Å². The number of nitrogens with two attached hydrogens (primary N) is 2. The molecule has 7 nitrogen and oxygen atoms in total. The summed E-state index contributed by atoms with van der Waals surface area (Å²) in [5, 5.41) is 13.0. The SMILES string of the molecule is NC(=S)c1nnc2c3c(C(F)(F)F)cc(-c4cccs4)nc3nn2c1N. The quantitative estimate of drug-likeness (QED) is 0.502. The van der Waals surface area contributed by atoms with E-state index in [1.54, 1.807) is 17.5 Å². The maximum atomic E-state index is 13.7. The summed E-state index contributed by atoms with van der Waals surface area (Å²) in [6, 6.07) is 4.36. The Kier molecular flexibility index (Phi) is 3.56. The van der Waals surface area contributed by atoms with Crippen molar-refractivity contribution < 1.29 is 13.2 Å². The molecular weight excluding hydrogens is 387 g/mol. The first-order valence-electron chi connectivity index (χ1n) is 7.04. The van der Waals surface area contributed by atoms with E-state index < -0.39 is 11.7 Å². The van der Waals surface area contributed by atoms with E-state index in [1.165, 1.54) is 11.3 Å². The Morgan fingerprint density at radius 1 is 1.27 bits per heavy atom. The second kappa shape index (κ2) is 5.57. The molecule has 0 radical (unpaired) electrons. The standard InChI is InChI=1S/C14H8F3N7S2/c15-14(16,17)5-4-6(7-2-1-3-26-7)20-12-8(5)13-22-21-9(11(19)25)10(18)24(13)23-12/h1-4H,18H2,(H2,19,25). The Balaban J connectivity index is 2.14. The largest absolute Gasteiger partial charge is 0.417 e. The van der Waals surface area contributed by atoms with Crippen LogP contribution in [0.3, 0.4) is 0 Å². The molecule has 4 heterocycles. The summed E-state index contributed by atoms with van der Waals surface area (Å²) in [4.78, 5) is 4.68. The molecule has 26 heavy (non-hydrogen) atoms. The van der Waals surface area contributed by atoms with E-state index in [9.17, 15) is 13.2 Å². The van der Waals surface area contributed by atoms with Crippen molar-refractivity contribution in [2.24, 2.45) is 5.73 Å². The van der Waals surface area contributed by atoms with Gasteiger partial charge in [0.05, 0.1) is 21.5 Å². The van der Waals surface area contributed by atoms with Crippen molar-refractivity contribution in [3.63, 3.8) is 0 Å². The zero-order valence-corrected chi connectivity index (χ0v) is 14.3. The van der Waals surface area contributed by atoms with E-state index in [0.29, 0.717) is 4.88 Å². The highest BCUT2D eigenvalue weighted by molar-refractivity contribution is 7.80.